The van der Waals surface area contributed by atoms with Crippen molar-refractivity contribution in [2.75, 3.05) is 29.5 Å². The zero-order valence-electron chi connectivity index (χ0n) is 15.5. The van der Waals surface area contributed by atoms with E-state index < -0.39 is 0 Å². The largest absolute Gasteiger partial charge is 0.370 e. The van der Waals surface area contributed by atoms with Crippen molar-refractivity contribution >= 4 is 34.5 Å². The van der Waals surface area contributed by atoms with Crippen LogP contribution in [0.4, 0.5) is 5.69 Å². The number of carbonyl (C=O) groups is 1. The molecule has 7 heteroatoms. The molecule has 0 atom stereocenters. The van der Waals surface area contributed by atoms with Gasteiger partial charge in [-0.3, -0.25) is 4.79 Å². The summed E-state index contributed by atoms with van der Waals surface area (Å²) in [7, 11) is 0. The molecule has 27 heavy (non-hydrogen) atoms. The predicted octanol–water partition coefficient (Wildman–Crippen LogP) is 3.32. The number of pyridine rings is 1. The van der Waals surface area contributed by atoms with Gasteiger partial charge in [0.25, 0.3) is 11.6 Å². The fourth-order valence-corrected chi connectivity index (χ4v) is 4.22. The predicted molar refractivity (Wildman–Crippen MR) is 108 cm³/mol. The summed E-state index contributed by atoms with van der Waals surface area (Å²) in [5, 5.41) is 7.60. The molecule has 6 nitrogen and oxygen atoms in total. The Kier molecular flexibility index (Phi) is 5.03. The highest BCUT2D eigenvalue weighted by Gasteiger charge is 2.17. The molecular formula is C20H22N4O2S. The highest BCUT2D eigenvalue weighted by atomic mass is 32.2. The molecule has 140 valence electrons. The molecule has 0 bridgehead atoms. The molecule has 0 saturated carbocycles. The minimum atomic E-state index is -0.145. The van der Waals surface area contributed by atoms with Gasteiger partial charge in [0.15, 0.2) is 0 Å². The number of nitrogens with one attached hydrogen (secondary N) is 1. The Bertz CT molecular complexity index is 962. The number of rotatable bonds is 4. The number of fused-ring (bicyclic) bond motifs is 1. The molecule has 2 aromatic heterocycles. The van der Waals surface area contributed by atoms with Gasteiger partial charge in [0.2, 0.25) is 0 Å². The highest BCUT2D eigenvalue weighted by Crippen LogP contribution is 2.22. The van der Waals surface area contributed by atoms with Crippen LogP contribution in [0.5, 0.6) is 0 Å². The molecule has 0 radical (unpaired) electrons. The third kappa shape index (κ3) is 3.78. The van der Waals surface area contributed by atoms with Gasteiger partial charge < -0.3 is 14.7 Å². The molecule has 4 rings (SSSR count). The lowest BCUT2D eigenvalue weighted by Crippen LogP contribution is -2.32. The number of nitrogens with zero attached hydrogens (tertiary/aromatic N) is 3. The van der Waals surface area contributed by atoms with Gasteiger partial charge in [-0.05, 0) is 37.6 Å². The Morgan fingerprint density at radius 2 is 1.96 bits per heavy atom. The topological polar surface area (TPSA) is 71.3 Å². The van der Waals surface area contributed by atoms with E-state index in [0.29, 0.717) is 28.9 Å². The van der Waals surface area contributed by atoms with Gasteiger partial charge in [0, 0.05) is 42.5 Å². The average Bonchev–Trinajstić information content (AvgIpc) is 3.07. The van der Waals surface area contributed by atoms with E-state index >= 15 is 0 Å². The molecule has 3 heterocycles. The van der Waals surface area contributed by atoms with Crippen molar-refractivity contribution in [3.63, 3.8) is 0 Å². The van der Waals surface area contributed by atoms with E-state index in [1.165, 1.54) is 17.2 Å². The van der Waals surface area contributed by atoms with Crippen LogP contribution in [0.2, 0.25) is 0 Å². The number of aromatic nitrogens is 2. The van der Waals surface area contributed by atoms with Gasteiger partial charge in [0.05, 0.1) is 16.6 Å². The van der Waals surface area contributed by atoms with E-state index in [0.717, 1.165) is 24.3 Å². The molecule has 1 aliphatic rings. The van der Waals surface area contributed by atoms with Crippen LogP contribution in [0.15, 0.2) is 34.9 Å². The van der Waals surface area contributed by atoms with Crippen molar-refractivity contribution < 1.29 is 9.32 Å². The van der Waals surface area contributed by atoms with Crippen LogP contribution in [0.1, 0.15) is 27.3 Å². The monoisotopic (exact) mass is 382 g/mol. The second kappa shape index (κ2) is 7.60. The molecule has 1 amide bonds. The molecule has 0 spiro atoms. The van der Waals surface area contributed by atoms with E-state index in [4.69, 9.17) is 4.52 Å². The van der Waals surface area contributed by atoms with Crippen LogP contribution in [0.3, 0.4) is 0 Å². The van der Waals surface area contributed by atoms with Gasteiger partial charge in [-0.1, -0.05) is 17.3 Å². The van der Waals surface area contributed by atoms with Crippen molar-refractivity contribution in [2.45, 2.75) is 20.4 Å². The number of aryl methyl sites for hydroxylation is 2. The zero-order chi connectivity index (χ0) is 18.8. The van der Waals surface area contributed by atoms with E-state index in [2.05, 4.69) is 44.6 Å². The Hall–Kier alpha value is -2.54. The zero-order valence-corrected chi connectivity index (χ0v) is 16.3. The second-order valence-electron chi connectivity index (χ2n) is 6.71. The summed E-state index contributed by atoms with van der Waals surface area (Å²) in [5.41, 5.74) is 4.68. The number of thioether (sulfide) groups is 1. The normalized spacial score (nSPS) is 14.5. The van der Waals surface area contributed by atoms with E-state index in [9.17, 15) is 4.79 Å². The number of hydrogen-bond acceptors (Lipinski definition) is 6. The maximum Gasteiger partial charge on any atom is 0.258 e. The van der Waals surface area contributed by atoms with Crippen LogP contribution in [-0.2, 0) is 6.54 Å². The molecule has 3 aromatic rings. The summed E-state index contributed by atoms with van der Waals surface area (Å²) in [6, 6.07) is 10.2. The van der Waals surface area contributed by atoms with Gasteiger partial charge in [-0.25, -0.2) is 4.98 Å². The lowest BCUT2D eigenvalue weighted by molar-refractivity contribution is 0.0952. The first kappa shape index (κ1) is 17.9. The first-order chi connectivity index (χ1) is 13.1. The number of amides is 1. The number of benzene rings is 1. The smallest absolute Gasteiger partial charge is 0.258 e. The summed E-state index contributed by atoms with van der Waals surface area (Å²) in [5.74, 6) is 2.22. The molecular weight excluding hydrogens is 360 g/mol. The summed E-state index contributed by atoms with van der Waals surface area (Å²) < 4.78 is 5.21. The number of anilines is 1. The third-order valence-electron chi connectivity index (χ3n) is 4.76. The maximum absolute atomic E-state index is 12.7. The van der Waals surface area contributed by atoms with Crippen LogP contribution in [0.25, 0.3) is 11.1 Å². The minimum absolute atomic E-state index is 0.145. The van der Waals surface area contributed by atoms with Crippen LogP contribution in [-0.4, -0.2) is 40.6 Å². The SMILES string of the molecule is Cc1cc(C(=O)NCc2ccc(N3CCSCC3)cc2)c2c(C)noc2n1. The Balaban J connectivity index is 1.46. The number of carbonyl (C=O) groups excluding carboxylic acids is 1. The lowest BCUT2D eigenvalue weighted by Gasteiger charge is -2.28. The summed E-state index contributed by atoms with van der Waals surface area (Å²) in [4.78, 5) is 19.4. The fraction of sp³-hybridized carbons (Fsp3) is 0.350. The average molecular weight is 382 g/mol. The van der Waals surface area contributed by atoms with Gasteiger partial charge >= 0.3 is 0 Å². The third-order valence-corrected chi connectivity index (χ3v) is 5.70. The van der Waals surface area contributed by atoms with E-state index in [1.807, 2.05) is 25.6 Å². The van der Waals surface area contributed by atoms with Crippen LogP contribution >= 0.6 is 11.8 Å². The van der Waals surface area contributed by atoms with Crippen molar-refractivity contribution in [3.05, 3.63) is 52.8 Å². The van der Waals surface area contributed by atoms with E-state index in [1.54, 1.807) is 6.07 Å². The van der Waals surface area contributed by atoms with Crippen molar-refractivity contribution in [1.82, 2.24) is 15.5 Å². The standard InChI is InChI=1S/C20H22N4O2S/c1-13-11-17(18-14(2)23-26-20(18)22-13)19(25)21-12-15-3-5-16(6-4-15)24-7-9-27-10-8-24/h3-6,11H,7-10,12H2,1-2H3,(H,21,25). The Morgan fingerprint density at radius 3 is 2.70 bits per heavy atom. The van der Waals surface area contributed by atoms with Crippen molar-refractivity contribution in [3.8, 4) is 0 Å². The molecule has 0 aliphatic carbocycles. The number of hydrogen-bond donors (Lipinski definition) is 1. The molecule has 0 unspecified atom stereocenters. The summed E-state index contributed by atoms with van der Waals surface area (Å²) in [6.07, 6.45) is 0. The maximum atomic E-state index is 12.7. The van der Waals surface area contributed by atoms with Crippen LogP contribution in [0, 0.1) is 13.8 Å². The van der Waals surface area contributed by atoms with Crippen LogP contribution < -0.4 is 10.2 Å². The van der Waals surface area contributed by atoms with Gasteiger partial charge in [0.1, 0.15) is 0 Å². The molecule has 1 saturated heterocycles. The van der Waals surface area contributed by atoms with Crippen molar-refractivity contribution in [1.29, 1.82) is 0 Å². The first-order valence-corrected chi connectivity index (χ1v) is 10.2. The molecule has 1 aliphatic heterocycles. The Labute approximate surface area is 162 Å². The van der Waals surface area contributed by atoms with Gasteiger partial charge in [-0.2, -0.15) is 11.8 Å². The molecule has 1 fully saturated rings. The minimum Gasteiger partial charge on any atom is -0.370 e. The Morgan fingerprint density at radius 1 is 1.22 bits per heavy atom. The van der Waals surface area contributed by atoms with Gasteiger partial charge in [-0.15, -0.1) is 0 Å². The fourth-order valence-electron chi connectivity index (χ4n) is 3.32. The quantitative estimate of drug-likeness (QED) is 0.746. The lowest BCUT2D eigenvalue weighted by atomic mass is 10.1. The first-order valence-electron chi connectivity index (χ1n) is 9.05. The second-order valence-corrected chi connectivity index (χ2v) is 7.93. The summed E-state index contributed by atoms with van der Waals surface area (Å²) >= 11 is 2.00. The van der Waals surface area contributed by atoms with Crippen molar-refractivity contribution in [2.24, 2.45) is 0 Å². The highest BCUT2D eigenvalue weighted by molar-refractivity contribution is 7.99. The molecule has 1 aromatic carbocycles. The molecule has 1 N–H and O–H groups in total. The summed E-state index contributed by atoms with van der Waals surface area (Å²) in [6.45, 7) is 6.32. The van der Waals surface area contributed by atoms with E-state index in [-0.39, 0.29) is 5.91 Å².